The fraction of sp³-hybridized carbons (Fsp3) is 0.750. The summed E-state index contributed by atoms with van der Waals surface area (Å²) in [5, 5.41) is 4.49. The van der Waals surface area contributed by atoms with Crippen molar-refractivity contribution in [2.45, 2.75) is 38.1 Å². The number of anilines is 1. The number of nitrogen functional groups attached to an aromatic ring is 1. The first-order valence-corrected chi connectivity index (χ1v) is 7.37. The van der Waals surface area contributed by atoms with Gasteiger partial charge in [0.2, 0.25) is 0 Å². The summed E-state index contributed by atoms with van der Waals surface area (Å²) < 4.78 is 8.65. The Balaban J connectivity index is 1.93. The number of hydrogen-bond acceptors (Lipinski definition) is 3. The molecule has 1 saturated heterocycles. The van der Waals surface area contributed by atoms with Crippen molar-refractivity contribution in [3.63, 3.8) is 0 Å². The summed E-state index contributed by atoms with van der Waals surface area (Å²) in [5.41, 5.74) is 6.52. The molecule has 17 heavy (non-hydrogen) atoms. The second-order valence-electron chi connectivity index (χ2n) is 5.21. The minimum atomic E-state index is 0.390. The van der Waals surface area contributed by atoms with Crippen molar-refractivity contribution >= 4 is 28.4 Å². The van der Waals surface area contributed by atoms with Crippen LogP contribution in [0, 0.1) is 8.99 Å². The Labute approximate surface area is 115 Å². The predicted molar refractivity (Wildman–Crippen MR) is 74.7 cm³/mol. The van der Waals surface area contributed by atoms with Gasteiger partial charge in [0.25, 0.3) is 0 Å². The molecule has 1 aliphatic heterocycles. The minimum Gasteiger partial charge on any atom is -0.383 e. The summed E-state index contributed by atoms with van der Waals surface area (Å²) in [7, 11) is 0. The fourth-order valence-electron chi connectivity index (χ4n) is 3.46. The van der Waals surface area contributed by atoms with Crippen molar-refractivity contribution in [3.05, 3.63) is 9.77 Å². The van der Waals surface area contributed by atoms with E-state index in [1.807, 2.05) is 6.20 Å². The van der Waals surface area contributed by atoms with Crippen LogP contribution in [0.3, 0.4) is 0 Å². The summed E-state index contributed by atoms with van der Waals surface area (Å²) in [4.78, 5) is 0. The van der Waals surface area contributed by atoms with Crippen molar-refractivity contribution in [1.29, 1.82) is 0 Å². The summed E-state index contributed by atoms with van der Waals surface area (Å²) >= 11 is 2.26. The molecule has 1 saturated carbocycles. The molecule has 1 aromatic heterocycles. The highest BCUT2D eigenvalue weighted by Crippen LogP contribution is 2.53. The van der Waals surface area contributed by atoms with Crippen LogP contribution in [0.4, 0.5) is 5.82 Å². The van der Waals surface area contributed by atoms with Gasteiger partial charge in [-0.15, -0.1) is 0 Å². The van der Waals surface area contributed by atoms with E-state index in [0.717, 1.165) is 35.4 Å². The number of ether oxygens (including phenoxy) is 1. The minimum absolute atomic E-state index is 0.390. The number of aromatic nitrogens is 2. The second-order valence-corrected chi connectivity index (χ2v) is 6.37. The molecule has 0 aromatic carbocycles. The standard InChI is InChI=1S/C12H18IN3O/c13-9-8-15-16(11(9)14)10-2-1-3-12(10)4-6-17-7-5-12/h8,10H,1-7,14H2. The van der Waals surface area contributed by atoms with Crippen molar-refractivity contribution < 1.29 is 4.74 Å². The molecule has 4 nitrogen and oxygen atoms in total. The van der Waals surface area contributed by atoms with Crippen LogP contribution in [0.2, 0.25) is 0 Å². The van der Waals surface area contributed by atoms with Gasteiger partial charge in [-0.2, -0.15) is 5.10 Å². The maximum atomic E-state index is 6.13. The highest BCUT2D eigenvalue weighted by atomic mass is 127. The number of nitrogens with zero attached hydrogens (tertiary/aromatic N) is 2. The van der Waals surface area contributed by atoms with Gasteiger partial charge < -0.3 is 10.5 Å². The van der Waals surface area contributed by atoms with Crippen LogP contribution in [0.5, 0.6) is 0 Å². The first-order chi connectivity index (χ1) is 8.23. The van der Waals surface area contributed by atoms with Gasteiger partial charge in [-0.25, -0.2) is 4.68 Å². The summed E-state index contributed by atoms with van der Waals surface area (Å²) in [6.45, 7) is 1.80. The van der Waals surface area contributed by atoms with Gasteiger partial charge in [0.15, 0.2) is 0 Å². The Morgan fingerprint density at radius 3 is 2.82 bits per heavy atom. The Hall–Kier alpha value is -0.300. The zero-order valence-corrected chi connectivity index (χ0v) is 12.0. The Morgan fingerprint density at radius 1 is 1.41 bits per heavy atom. The van der Waals surface area contributed by atoms with Crippen molar-refractivity contribution in [1.82, 2.24) is 9.78 Å². The molecule has 1 spiro atoms. The van der Waals surface area contributed by atoms with Crippen LogP contribution in [-0.2, 0) is 4.74 Å². The summed E-state index contributed by atoms with van der Waals surface area (Å²) in [6, 6.07) is 0.481. The highest BCUT2D eigenvalue weighted by Gasteiger charge is 2.45. The average molecular weight is 347 g/mol. The molecule has 5 heteroatoms. The number of nitrogens with two attached hydrogens (primary N) is 1. The monoisotopic (exact) mass is 347 g/mol. The van der Waals surface area contributed by atoms with Gasteiger partial charge >= 0.3 is 0 Å². The molecule has 3 rings (SSSR count). The van der Waals surface area contributed by atoms with E-state index in [2.05, 4.69) is 32.4 Å². The molecule has 1 atom stereocenters. The van der Waals surface area contributed by atoms with E-state index in [0.29, 0.717) is 11.5 Å². The Bertz CT molecular complexity index is 412. The first kappa shape index (κ1) is 11.8. The van der Waals surface area contributed by atoms with Crippen molar-refractivity contribution in [2.75, 3.05) is 18.9 Å². The highest BCUT2D eigenvalue weighted by molar-refractivity contribution is 14.1. The van der Waals surface area contributed by atoms with Gasteiger partial charge in [0.05, 0.1) is 15.8 Å². The number of halogens is 1. The van der Waals surface area contributed by atoms with Crippen LogP contribution in [-0.4, -0.2) is 23.0 Å². The predicted octanol–water partition coefficient (Wildman–Crippen LogP) is 2.59. The number of hydrogen-bond donors (Lipinski definition) is 1. The average Bonchev–Trinajstić information content (AvgIpc) is 2.87. The van der Waals surface area contributed by atoms with E-state index in [4.69, 9.17) is 10.5 Å². The zero-order chi connectivity index (χ0) is 11.9. The van der Waals surface area contributed by atoms with Gasteiger partial charge in [-0.1, -0.05) is 6.42 Å². The number of rotatable bonds is 1. The topological polar surface area (TPSA) is 53.1 Å². The van der Waals surface area contributed by atoms with Crippen LogP contribution < -0.4 is 5.73 Å². The molecule has 1 aliphatic carbocycles. The molecule has 2 fully saturated rings. The maximum Gasteiger partial charge on any atom is 0.135 e. The van der Waals surface area contributed by atoms with E-state index in [9.17, 15) is 0 Å². The Morgan fingerprint density at radius 2 is 2.18 bits per heavy atom. The lowest BCUT2D eigenvalue weighted by Crippen LogP contribution is -2.35. The fourth-order valence-corrected chi connectivity index (χ4v) is 3.83. The van der Waals surface area contributed by atoms with Crippen LogP contribution in [0.25, 0.3) is 0 Å². The SMILES string of the molecule is Nc1c(I)cnn1C1CCCC12CCOCC2. The molecule has 0 bridgehead atoms. The van der Waals surface area contributed by atoms with Gasteiger partial charge in [-0.3, -0.25) is 0 Å². The second kappa shape index (κ2) is 4.42. The summed E-state index contributed by atoms with van der Waals surface area (Å²) in [6.07, 6.45) is 8.00. The molecule has 0 amide bonds. The van der Waals surface area contributed by atoms with Crippen molar-refractivity contribution in [2.24, 2.45) is 5.41 Å². The molecule has 0 radical (unpaired) electrons. The molecule has 94 valence electrons. The smallest absolute Gasteiger partial charge is 0.135 e. The van der Waals surface area contributed by atoms with Crippen molar-refractivity contribution in [3.8, 4) is 0 Å². The third kappa shape index (κ3) is 1.87. The largest absolute Gasteiger partial charge is 0.383 e. The molecule has 1 unspecified atom stereocenters. The molecule has 2 heterocycles. The lowest BCUT2D eigenvalue weighted by molar-refractivity contribution is -0.00455. The third-order valence-electron chi connectivity index (χ3n) is 4.43. The van der Waals surface area contributed by atoms with E-state index in [-0.39, 0.29) is 0 Å². The molecule has 2 N–H and O–H groups in total. The van der Waals surface area contributed by atoms with E-state index in [1.54, 1.807) is 0 Å². The summed E-state index contributed by atoms with van der Waals surface area (Å²) in [5.74, 6) is 0.836. The Kier molecular flexibility index (Phi) is 3.06. The van der Waals surface area contributed by atoms with Crippen LogP contribution >= 0.6 is 22.6 Å². The zero-order valence-electron chi connectivity index (χ0n) is 9.86. The third-order valence-corrected chi connectivity index (χ3v) is 5.26. The normalized spacial score (nSPS) is 27.7. The van der Waals surface area contributed by atoms with Gasteiger partial charge in [0.1, 0.15) is 5.82 Å². The molecule has 1 aromatic rings. The quantitative estimate of drug-likeness (QED) is 0.795. The van der Waals surface area contributed by atoms with Crippen LogP contribution in [0.1, 0.15) is 38.1 Å². The van der Waals surface area contributed by atoms with Crippen LogP contribution in [0.15, 0.2) is 6.20 Å². The van der Waals surface area contributed by atoms with E-state index in [1.165, 1.54) is 19.3 Å². The lowest BCUT2D eigenvalue weighted by Gasteiger charge is -2.39. The first-order valence-electron chi connectivity index (χ1n) is 6.29. The maximum absolute atomic E-state index is 6.13. The van der Waals surface area contributed by atoms with Gasteiger partial charge in [-0.05, 0) is 53.7 Å². The lowest BCUT2D eigenvalue weighted by atomic mass is 9.75. The molecular formula is C12H18IN3O. The van der Waals surface area contributed by atoms with E-state index < -0.39 is 0 Å². The molecule has 2 aliphatic rings. The molecular weight excluding hydrogens is 329 g/mol. The van der Waals surface area contributed by atoms with Gasteiger partial charge in [0, 0.05) is 13.2 Å². The van der Waals surface area contributed by atoms with E-state index >= 15 is 0 Å².